The van der Waals surface area contributed by atoms with Gasteiger partial charge < -0.3 is 24.7 Å². The van der Waals surface area contributed by atoms with Gasteiger partial charge in [-0.15, -0.1) is 0 Å². The number of imidazole rings is 1. The number of methoxy groups -OCH3 is 2. The van der Waals surface area contributed by atoms with Crippen molar-refractivity contribution in [2.45, 2.75) is 57.4 Å². The molecule has 4 fully saturated rings. The molecule has 2 amide bonds. The second kappa shape index (κ2) is 10.1. The number of hydrogen-bond acceptors (Lipinski definition) is 5. The highest BCUT2D eigenvalue weighted by Crippen LogP contribution is 2.60. The van der Waals surface area contributed by atoms with E-state index in [9.17, 15) is 9.59 Å². The molecule has 1 aromatic heterocycles. The molecule has 4 aliphatic carbocycles. The molecule has 0 unspecified atom stereocenters. The van der Waals surface area contributed by atoms with E-state index in [1.807, 2.05) is 29.9 Å². The van der Waals surface area contributed by atoms with Gasteiger partial charge in [-0.05, 0) is 80.4 Å². The second-order valence-corrected chi connectivity index (χ2v) is 11.1. The standard InChI is InChI=1S/C28H38N4O4/c1-32-8-7-29-26(32)25(21-12-22(35-2)14-23(13-21)36-3)31-24(33)5-4-6-30-27(34)28-15-18-9-19(16-28)11-20(10-18)17-28/h7-8,12-14,18-20,25H,4-6,9-11,15-17H2,1-3H3,(H,30,34)(H,31,33)/t18?,19?,20?,25-,28?/m0/s1. The summed E-state index contributed by atoms with van der Waals surface area (Å²) in [6, 6.07) is 5.11. The molecule has 1 atom stereocenters. The Kier molecular flexibility index (Phi) is 6.95. The molecule has 1 aromatic carbocycles. The number of benzene rings is 1. The first-order valence-electron chi connectivity index (χ1n) is 13.2. The van der Waals surface area contributed by atoms with E-state index in [0.717, 1.165) is 42.6 Å². The van der Waals surface area contributed by atoms with Gasteiger partial charge >= 0.3 is 0 Å². The van der Waals surface area contributed by atoms with Gasteiger partial charge in [0.2, 0.25) is 11.8 Å². The fourth-order valence-corrected chi connectivity index (χ4v) is 7.21. The van der Waals surface area contributed by atoms with Crippen molar-refractivity contribution in [3.63, 3.8) is 0 Å². The van der Waals surface area contributed by atoms with Gasteiger partial charge in [0.1, 0.15) is 23.4 Å². The largest absolute Gasteiger partial charge is 0.497 e. The molecule has 8 nitrogen and oxygen atoms in total. The molecule has 8 heteroatoms. The smallest absolute Gasteiger partial charge is 0.226 e. The highest BCUT2D eigenvalue weighted by atomic mass is 16.5. The minimum Gasteiger partial charge on any atom is -0.497 e. The van der Waals surface area contributed by atoms with E-state index in [1.165, 1.54) is 19.3 Å². The van der Waals surface area contributed by atoms with Crippen molar-refractivity contribution in [2.75, 3.05) is 20.8 Å². The van der Waals surface area contributed by atoms with E-state index in [1.54, 1.807) is 26.5 Å². The third kappa shape index (κ3) is 4.95. The number of rotatable bonds is 10. The lowest BCUT2D eigenvalue weighted by Gasteiger charge is -2.55. The van der Waals surface area contributed by atoms with Gasteiger partial charge in [0.05, 0.1) is 14.2 Å². The van der Waals surface area contributed by atoms with Crippen LogP contribution in [0.15, 0.2) is 30.6 Å². The number of nitrogens with zero attached hydrogens (tertiary/aromatic N) is 2. The Hall–Kier alpha value is -3.03. The maximum Gasteiger partial charge on any atom is 0.226 e. The maximum absolute atomic E-state index is 13.2. The number of aromatic nitrogens is 2. The van der Waals surface area contributed by atoms with Gasteiger partial charge in [0, 0.05) is 43.9 Å². The highest BCUT2D eigenvalue weighted by molar-refractivity contribution is 5.83. The van der Waals surface area contributed by atoms with Crippen LogP contribution in [-0.2, 0) is 16.6 Å². The van der Waals surface area contributed by atoms with Gasteiger partial charge in [-0.3, -0.25) is 9.59 Å². The Morgan fingerprint density at radius 2 is 1.67 bits per heavy atom. The molecule has 0 aliphatic heterocycles. The van der Waals surface area contributed by atoms with E-state index in [-0.39, 0.29) is 17.2 Å². The zero-order chi connectivity index (χ0) is 25.3. The zero-order valence-electron chi connectivity index (χ0n) is 21.6. The SMILES string of the molecule is COc1cc(OC)cc([C@H](NC(=O)CCCNC(=O)C23CC4CC(CC(C4)C2)C3)c2nccn2C)c1. The van der Waals surface area contributed by atoms with Crippen molar-refractivity contribution in [1.82, 2.24) is 20.2 Å². The molecule has 2 aromatic rings. The fraction of sp³-hybridized carbons (Fsp3) is 0.607. The molecule has 6 rings (SSSR count). The van der Waals surface area contributed by atoms with Gasteiger partial charge in [0.25, 0.3) is 0 Å². The van der Waals surface area contributed by atoms with Crippen molar-refractivity contribution >= 4 is 11.8 Å². The summed E-state index contributed by atoms with van der Waals surface area (Å²) in [7, 11) is 5.11. The van der Waals surface area contributed by atoms with Crippen LogP contribution < -0.4 is 20.1 Å². The predicted molar refractivity (Wildman–Crippen MR) is 136 cm³/mol. The van der Waals surface area contributed by atoms with Crippen LogP contribution in [0, 0.1) is 23.2 Å². The second-order valence-electron chi connectivity index (χ2n) is 11.1. The minimum absolute atomic E-state index is 0.0890. The molecule has 4 saturated carbocycles. The summed E-state index contributed by atoms with van der Waals surface area (Å²) in [4.78, 5) is 30.6. The van der Waals surface area contributed by atoms with Crippen LogP contribution in [0.3, 0.4) is 0 Å². The van der Waals surface area contributed by atoms with Crippen molar-refractivity contribution in [1.29, 1.82) is 0 Å². The first-order valence-corrected chi connectivity index (χ1v) is 13.2. The van der Waals surface area contributed by atoms with Gasteiger partial charge in [0.15, 0.2) is 0 Å². The summed E-state index contributed by atoms with van der Waals surface area (Å²) in [5, 5.41) is 6.31. The van der Waals surface area contributed by atoms with Crippen molar-refractivity contribution < 1.29 is 19.1 Å². The first-order chi connectivity index (χ1) is 17.4. The molecular weight excluding hydrogens is 456 g/mol. The molecule has 4 bridgehead atoms. The number of amides is 2. The average molecular weight is 495 g/mol. The van der Waals surface area contributed by atoms with Crippen LogP contribution in [-0.4, -0.2) is 42.1 Å². The zero-order valence-corrected chi connectivity index (χ0v) is 21.6. The van der Waals surface area contributed by atoms with Gasteiger partial charge in [-0.25, -0.2) is 4.98 Å². The normalized spacial score (nSPS) is 26.9. The van der Waals surface area contributed by atoms with Crippen molar-refractivity contribution in [2.24, 2.45) is 30.2 Å². The van der Waals surface area contributed by atoms with Crippen LogP contribution in [0.5, 0.6) is 11.5 Å². The van der Waals surface area contributed by atoms with Gasteiger partial charge in [-0.1, -0.05) is 0 Å². The average Bonchev–Trinajstić information content (AvgIpc) is 3.29. The summed E-state index contributed by atoms with van der Waals surface area (Å²) in [6.45, 7) is 0.522. The molecular formula is C28H38N4O4. The number of aryl methyl sites for hydroxylation is 1. The summed E-state index contributed by atoms with van der Waals surface area (Å²) < 4.78 is 12.7. The minimum atomic E-state index is -0.455. The molecule has 0 spiro atoms. The Morgan fingerprint density at radius 3 is 2.19 bits per heavy atom. The van der Waals surface area contributed by atoms with Crippen LogP contribution in [0.1, 0.15) is 68.8 Å². The van der Waals surface area contributed by atoms with Crippen molar-refractivity contribution in [3.8, 4) is 11.5 Å². The maximum atomic E-state index is 13.2. The monoisotopic (exact) mass is 494 g/mol. The Balaban J connectivity index is 1.19. The number of ether oxygens (including phenoxy) is 2. The predicted octanol–water partition coefficient (Wildman–Crippen LogP) is 3.76. The lowest BCUT2D eigenvalue weighted by atomic mass is 9.49. The Morgan fingerprint density at radius 1 is 1.06 bits per heavy atom. The van der Waals surface area contributed by atoms with E-state index in [2.05, 4.69) is 15.6 Å². The highest BCUT2D eigenvalue weighted by Gasteiger charge is 2.54. The number of nitrogens with one attached hydrogen (secondary N) is 2. The summed E-state index contributed by atoms with van der Waals surface area (Å²) in [5.41, 5.74) is 0.676. The lowest BCUT2D eigenvalue weighted by Crippen LogP contribution is -2.53. The number of hydrogen-bond donors (Lipinski definition) is 2. The third-order valence-corrected chi connectivity index (χ3v) is 8.52. The molecule has 4 aliphatic rings. The molecule has 0 radical (unpaired) electrons. The summed E-state index contributed by atoms with van der Waals surface area (Å²) >= 11 is 0. The van der Waals surface area contributed by atoms with E-state index in [0.29, 0.717) is 36.7 Å². The first kappa shape index (κ1) is 24.7. The third-order valence-electron chi connectivity index (χ3n) is 8.52. The molecule has 2 N–H and O–H groups in total. The van der Waals surface area contributed by atoms with Crippen LogP contribution in [0.4, 0.5) is 0 Å². The fourth-order valence-electron chi connectivity index (χ4n) is 7.21. The lowest BCUT2D eigenvalue weighted by molar-refractivity contribution is -0.146. The molecule has 194 valence electrons. The Labute approximate surface area is 213 Å². The van der Waals surface area contributed by atoms with Crippen LogP contribution in [0.25, 0.3) is 0 Å². The number of carbonyl (C=O) groups excluding carboxylic acids is 2. The Bertz CT molecular complexity index is 1050. The quantitative estimate of drug-likeness (QED) is 0.491. The molecule has 1 heterocycles. The number of carbonyl (C=O) groups is 2. The van der Waals surface area contributed by atoms with E-state index in [4.69, 9.17) is 9.47 Å². The van der Waals surface area contributed by atoms with Gasteiger partial charge in [-0.2, -0.15) is 0 Å². The van der Waals surface area contributed by atoms with E-state index < -0.39 is 6.04 Å². The topological polar surface area (TPSA) is 94.5 Å². The summed E-state index contributed by atoms with van der Waals surface area (Å²) in [6.07, 6.45) is 11.6. The molecule has 0 saturated heterocycles. The summed E-state index contributed by atoms with van der Waals surface area (Å²) in [5.74, 6) is 4.36. The van der Waals surface area contributed by atoms with Crippen molar-refractivity contribution in [3.05, 3.63) is 42.0 Å². The van der Waals surface area contributed by atoms with Crippen LogP contribution >= 0.6 is 0 Å². The van der Waals surface area contributed by atoms with E-state index >= 15 is 0 Å². The van der Waals surface area contributed by atoms with Crippen LogP contribution in [0.2, 0.25) is 0 Å². The molecule has 36 heavy (non-hydrogen) atoms.